The second-order valence-corrected chi connectivity index (χ2v) is 6.30. The van der Waals surface area contributed by atoms with Gasteiger partial charge in [0.15, 0.2) is 0 Å². The molecule has 25 heavy (non-hydrogen) atoms. The number of carbonyl (C=O) groups is 1. The fraction of sp³-hybridized carbons (Fsp3) is 0.333. The summed E-state index contributed by atoms with van der Waals surface area (Å²) in [5, 5.41) is 4.10. The summed E-state index contributed by atoms with van der Waals surface area (Å²) in [6, 6.07) is 7.24. The number of amides is 1. The zero-order chi connectivity index (χ0) is 17.6. The predicted molar refractivity (Wildman–Crippen MR) is 92.6 cm³/mol. The van der Waals surface area contributed by atoms with Crippen LogP contribution in [-0.2, 0) is 11.2 Å². The Morgan fingerprint density at radius 2 is 2.12 bits per heavy atom. The number of para-hydroxylation sites is 1. The highest BCUT2D eigenvalue weighted by atomic mass is 16.5. The van der Waals surface area contributed by atoms with E-state index in [4.69, 9.17) is 4.52 Å². The first-order chi connectivity index (χ1) is 12.1. The molecule has 128 valence electrons. The molecule has 3 heterocycles. The summed E-state index contributed by atoms with van der Waals surface area (Å²) < 4.78 is 6.37. The summed E-state index contributed by atoms with van der Waals surface area (Å²) in [5.41, 5.74) is 2.44. The average Bonchev–Trinajstić information content (AvgIpc) is 3.02. The van der Waals surface area contributed by atoms with Crippen molar-refractivity contribution in [2.75, 3.05) is 11.4 Å². The molecule has 0 aliphatic carbocycles. The zero-order valence-corrected chi connectivity index (χ0v) is 14.1. The van der Waals surface area contributed by atoms with Crippen molar-refractivity contribution in [3.8, 4) is 0 Å². The van der Waals surface area contributed by atoms with Gasteiger partial charge in [-0.15, -0.1) is 0 Å². The minimum Gasteiger partial charge on any atom is -0.335 e. The van der Waals surface area contributed by atoms with E-state index in [2.05, 4.69) is 10.1 Å². The monoisotopic (exact) mass is 338 g/mol. The molecule has 7 heteroatoms. The van der Waals surface area contributed by atoms with Gasteiger partial charge in [-0.3, -0.25) is 14.2 Å². The van der Waals surface area contributed by atoms with Crippen molar-refractivity contribution in [1.29, 1.82) is 0 Å². The lowest BCUT2D eigenvalue weighted by Crippen LogP contribution is -2.42. The largest absolute Gasteiger partial charge is 0.335 e. The topological polar surface area (TPSA) is 81.2 Å². The maximum absolute atomic E-state index is 13.1. The van der Waals surface area contributed by atoms with E-state index in [0.717, 1.165) is 24.1 Å². The van der Waals surface area contributed by atoms with Gasteiger partial charge in [0.05, 0.1) is 5.69 Å². The van der Waals surface area contributed by atoms with Crippen LogP contribution in [0.1, 0.15) is 30.6 Å². The summed E-state index contributed by atoms with van der Waals surface area (Å²) in [4.78, 5) is 31.7. The fourth-order valence-electron chi connectivity index (χ4n) is 3.37. The van der Waals surface area contributed by atoms with E-state index in [-0.39, 0.29) is 17.2 Å². The van der Waals surface area contributed by atoms with E-state index in [9.17, 15) is 9.59 Å². The number of anilines is 1. The van der Waals surface area contributed by atoms with Gasteiger partial charge in [-0.25, -0.2) is 4.98 Å². The lowest BCUT2D eigenvalue weighted by molar-refractivity contribution is -0.121. The lowest BCUT2D eigenvalue weighted by atomic mass is 10.0. The van der Waals surface area contributed by atoms with Gasteiger partial charge in [0.2, 0.25) is 5.91 Å². The Balaban J connectivity index is 1.74. The molecule has 0 radical (unpaired) electrons. The van der Waals surface area contributed by atoms with Crippen LogP contribution in [0.5, 0.6) is 0 Å². The van der Waals surface area contributed by atoms with Gasteiger partial charge in [0.1, 0.15) is 17.8 Å². The van der Waals surface area contributed by atoms with Crippen LogP contribution in [-0.4, -0.2) is 27.2 Å². The number of benzene rings is 1. The number of carbonyl (C=O) groups excluding carboxylic acids is 1. The number of rotatable bonds is 2. The molecule has 1 aliphatic rings. The van der Waals surface area contributed by atoms with Crippen LogP contribution < -0.4 is 10.5 Å². The molecular formula is C18H18N4O3. The maximum Gasteiger partial charge on any atom is 0.267 e. The molecule has 2 aromatic heterocycles. The van der Waals surface area contributed by atoms with Crippen LogP contribution in [0.25, 0.3) is 11.1 Å². The third kappa shape index (κ3) is 2.43. The standard InChI is InChI=1S/C18H18N4O3/c1-11-15-16(25-20-11)19-10-22(18(15)24)12(2)17(23)21-9-5-7-13-6-3-4-8-14(13)21/h3-4,6,8,10,12H,5,7,9H2,1-2H3. The number of hydrogen-bond donors (Lipinski definition) is 0. The van der Waals surface area contributed by atoms with Crippen molar-refractivity contribution in [3.63, 3.8) is 0 Å². The van der Waals surface area contributed by atoms with Gasteiger partial charge in [-0.1, -0.05) is 23.4 Å². The van der Waals surface area contributed by atoms with Crippen LogP contribution in [0, 0.1) is 6.92 Å². The van der Waals surface area contributed by atoms with Crippen molar-refractivity contribution < 1.29 is 9.32 Å². The normalized spacial score (nSPS) is 15.2. The smallest absolute Gasteiger partial charge is 0.267 e. The molecule has 0 saturated carbocycles. The summed E-state index contributed by atoms with van der Waals surface area (Å²) in [6.07, 6.45) is 3.22. The van der Waals surface area contributed by atoms with Crippen LogP contribution >= 0.6 is 0 Å². The number of aryl methyl sites for hydroxylation is 2. The van der Waals surface area contributed by atoms with Gasteiger partial charge in [0.25, 0.3) is 11.3 Å². The molecule has 0 saturated heterocycles. The van der Waals surface area contributed by atoms with Crippen molar-refractivity contribution >= 4 is 22.7 Å². The molecule has 4 rings (SSSR count). The highest BCUT2D eigenvalue weighted by Gasteiger charge is 2.28. The van der Waals surface area contributed by atoms with Crippen molar-refractivity contribution in [3.05, 3.63) is 52.2 Å². The first kappa shape index (κ1) is 15.6. The molecule has 7 nitrogen and oxygen atoms in total. The van der Waals surface area contributed by atoms with Crippen LogP contribution in [0.2, 0.25) is 0 Å². The molecule has 0 bridgehead atoms. The molecule has 1 aliphatic heterocycles. The van der Waals surface area contributed by atoms with E-state index < -0.39 is 6.04 Å². The van der Waals surface area contributed by atoms with Crippen molar-refractivity contribution in [2.45, 2.75) is 32.7 Å². The maximum atomic E-state index is 13.1. The Morgan fingerprint density at radius 1 is 1.32 bits per heavy atom. The van der Waals surface area contributed by atoms with Gasteiger partial charge in [0, 0.05) is 12.2 Å². The summed E-state index contributed by atoms with van der Waals surface area (Å²) in [6.45, 7) is 4.06. The zero-order valence-electron chi connectivity index (χ0n) is 14.1. The van der Waals surface area contributed by atoms with Crippen LogP contribution in [0.3, 0.4) is 0 Å². The third-order valence-corrected chi connectivity index (χ3v) is 4.74. The highest BCUT2D eigenvalue weighted by Crippen LogP contribution is 2.28. The first-order valence-corrected chi connectivity index (χ1v) is 8.30. The molecule has 1 atom stereocenters. The molecule has 1 unspecified atom stereocenters. The Kier molecular flexibility index (Phi) is 3.63. The van der Waals surface area contributed by atoms with Gasteiger partial charge >= 0.3 is 0 Å². The first-order valence-electron chi connectivity index (χ1n) is 8.30. The van der Waals surface area contributed by atoms with Crippen LogP contribution in [0.4, 0.5) is 5.69 Å². The number of fused-ring (bicyclic) bond motifs is 2. The predicted octanol–water partition coefficient (Wildman–Crippen LogP) is 2.23. The third-order valence-electron chi connectivity index (χ3n) is 4.74. The summed E-state index contributed by atoms with van der Waals surface area (Å²) >= 11 is 0. The van der Waals surface area contributed by atoms with Crippen molar-refractivity contribution in [1.82, 2.24) is 14.7 Å². The van der Waals surface area contributed by atoms with E-state index >= 15 is 0 Å². The van der Waals surface area contributed by atoms with Gasteiger partial charge in [-0.05, 0) is 38.3 Å². The molecule has 3 aromatic rings. The molecular weight excluding hydrogens is 320 g/mol. The molecule has 0 N–H and O–H groups in total. The Hall–Kier alpha value is -2.96. The summed E-state index contributed by atoms with van der Waals surface area (Å²) in [7, 11) is 0. The Bertz CT molecular complexity index is 1020. The second kappa shape index (κ2) is 5.84. The SMILES string of the molecule is Cc1noc2ncn(C(C)C(=O)N3CCCc4ccccc43)c(=O)c12. The average molecular weight is 338 g/mol. The summed E-state index contributed by atoms with van der Waals surface area (Å²) in [5.74, 6) is -0.121. The van der Waals surface area contributed by atoms with E-state index in [0.29, 0.717) is 17.6 Å². The molecule has 1 amide bonds. The Labute approximate surface area is 143 Å². The number of hydrogen-bond acceptors (Lipinski definition) is 5. The van der Waals surface area contributed by atoms with Gasteiger partial charge < -0.3 is 9.42 Å². The van der Waals surface area contributed by atoms with E-state index in [1.165, 1.54) is 10.9 Å². The van der Waals surface area contributed by atoms with Crippen molar-refractivity contribution in [2.24, 2.45) is 0 Å². The Morgan fingerprint density at radius 3 is 2.96 bits per heavy atom. The molecule has 1 aromatic carbocycles. The lowest BCUT2D eigenvalue weighted by Gasteiger charge is -2.31. The second-order valence-electron chi connectivity index (χ2n) is 6.30. The van der Waals surface area contributed by atoms with Gasteiger partial charge in [-0.2, -0.15) is 0 Å². The number of nitrogens with zero attached hydrogens (tertiary/aromatic N) is 4. The van der Waals surface area contributed by atoms with E-state index in [1.54, 1.807) is 18.7 Å². The molecule has 0 spiro atoms. The minimum absolute atomic E-state index is 0.121. The quantitative estimate of drug-likeness (QED) is 0.716. The highest BCUT2D eigenvalue weighted by molar-refractivity contribution is 5.97. The fourth-order valence-corrected chi connectivity index (χ4v) is 3.37. The van der Waals surface area contributed by atoms with Crippen LogP contribution in [0.15, 0.2) is 39.9 Å². The van der Waals surface area contributed by atoms with E-state index in [1.807, 2.05) is 24.3 Å². The minimum atomic E-state index is -0.662. The number of aromatic nitrogens is 3. The molecule has 0 fully saturated rings.